The SMILES string of the molecule is C1CC2OCC2CO1. The molecule has 46 valence electrons. The van der Waals surface area contributed by atoms with Crippen molar-refractivity contribution < 1.29 is 9.47 Å². The lowest BCUT2D eigenvalue weighted by molar-refractivity contribution is -0.176. The van der Waals surface area contributed by atoms with E-state index in [1.54, 1.807) is 0 Å². The van der Waals surface area contributed by atoms with E-state index in [0.717, 1.165) is 32.2 Å². The Kier molecular flexibility index (Phi) is 1.02. The van der Waals surface area contributed by atoms with Crippen LogP contribution in [0.4, 0.5) is 0 Å². The normalized spacial score (nSPS) is 45.0. The third kappa shape index (κ3) is 0.565. The highest BCUT2D eigenvalue weighted by molar-refractivity contribution is 4.80. The first-order chi connectivity index (χ1) is 3.97. The van der Waals surface area contributed by atoms with E-state index in [0.29, 0.717) is 6.10 Å². The highest BCUT2D eigenvalue weighted by atomic mass is 16.5. The lowest BCUT2D eigenvalue weighted by Gasteiger charge is -2.39. The van der Waals surface area contributed by atoms with Crippen LogP contribution >= 0.6 is 0 Å². The van der Waals surface area contributed by atoms with E-state index in [1.165, 1.54) is 0 Å². The average Bonchev–Trinajstić information content (AvgIpc) is 1.72. The molecule has 2 nitrogen and oxygen atoms in total. The van der Waals surface area contributed by atoms with E-state index >= 15 is 0 Å². The molecule has 0 aromatic rings. The number of ether oxygens (including phenoxy) is 2. The molecule has 0 saturated carbocycles. The van der Waals surface area contributed by atoms with Gasteiger partial charge in [0.2, 0.25) is 0 Å². The van der Waals surface area contributed by atoms with E-state index < -0.39 is 0 Å². The van der Waals surface area contributed by atoms with Crippen molar-refractivity contribution in [3.63, 3.8) is 0 Å². The van der Waals surface area contributed by atoms with E-state index in [9.17, 15) is 0 Å². The van der Waals surface area contributed by atoms with Gasteiger partial charge in [-0.1, -0.05) is 0 Å². The Bertz CT molecular complexity index is 80.5. The van der Waals surface area contributed by atoms with Crippen molar-refractivity contribution >= 4 is 0 Å². The maximum atomic E-state index is 5.25. The number of rotatable bonds is 0. The molecule has 2 unspecified atom stereocenters. The molecule has 0 N–H and O–H groups in total. The Morgan fingerprint density at radius 3 is 2.62 bits per heavy atom. The molecule has 2 aliphatic rings. The van der Waals surface area contributed by atoms with E-state index in [2.05, 4.69) is 0 Å². The Labute approximate surface area is 48.8 Å². The van der Waals surface area contributed by atoms with Gasteiger partial charge < -0.3 is 9.47 Å². The van der Waals surface area contributed by atoms with Crippen LogP contribution in [0.15, 0.2) is 0 Å². The standard InChI is InChI=1S/C6H10O2/c1-2-7-3-5-4-8-6(1)5/h5-6H,1-4H2. The molecule has 2 rings (SSSR count). The van der Waals surface area contributed by atoms with E-state index in [4.69, 9.17) is 9.47 Å². The van der Waals surface area contributed by atoms with Gasteiger partial charge in [0, 0.05) is 12.5 Å². The first kappa shape index (κ1) is 4.77. The Hall–Kier alpha value is -0.0800. The van der Waals surface area contributed by atoms with Crippen molar-refractivity contribution in [2.45, 2.75) is 12.5 Å². The molecule has 0 aromatic heterocycles. The zero-order chi connectivity index (χ0) is 5.40. The van der Waals surface area contributed by atoms with Crippen LogP contribution in [0.2, 0.25) is 0 Å². The predicted octanol–water partition coefficient (Wildman–Crippen LogP) is 0.422. The lowest BCUT2D eigenvalue weighted by Crippen LogP contribution is -2.46. The molecular formula is C6H10O2. The number of hydrogen-bond donors (Lipinski definition) is 0. The smallest absolute Gasteiger partial charge is 0.0669 e. The summed E-state index contributed by atoms with van der Waals surface area (Å²) >= 11 is 0. The molecule has 2 fully saturated rings. The largest absolute Gasteiger partial charge is 0.381 e. The van der Waals surface area contributed by atoms with Crippen molar-refractivity contribution in [1.29, 1.82) is 0 Å². The van der Waals surface area contributed by atoms with Gasteiger partial charge in [-0.25, -0.2) is 0 Å². The summed E-state index contributed by atoms with van der Waals surface area (Å²) in [5.41, 5.74) is 0. The Morgan fingerprint density at radius 2 is 2.25 bits per heavy atom. The van der Waals surface area contributed by atoms with Gasteiger partial charge in [0.05, 0.1) is 19.3 Å². The fourth-order valence-corrected chi connectivity index (χ4v) is 1.28. The molecule has 0 bridgehead atoms. The maximum absolute atomic E-state index is 5.25. The summed E-state index contributed by atoms with van der Waals surface area (Å²) in [6.07, 6.45) is 1.67. The average molecular weight is 114 g/mol. The zero-order valence-corrected chi connectivity index (χ0v) is 4.80. The summed E-state index contributed by atoms with van der Waals surface area (Å²) in [7, 11) is 0. The van der Waals surface area contributed by atoms with Gasteiger partial charge in [-0.2, -0.15) is 0 Å². The maximum Gasteiger partial charge on any atom is 0.0669 e. The summed E-state index contributed by atoms with van der Waals surface area (Å²) in [6.45, 7) is 2.77. The van der Waals surface area contributed by atoms with Crippen LogP contribution in [0.3, 0.4) is 0 Å². The molecule has 0 spiro atoms. The van der Waals surface area contributed by atoms with Crippen molar-refractivity contribution in [3.05, 3.63) is 0 Å². The quantitative estimate of drug-likeness (QED) is 0.454. The van der Waals surface area contributed by atoms with Gasteiger partial charge >= 0.3 is 0 Å². The second-order valence-corrected chi connectivity index (χ2v) is 2.50. The molecule has 8 heavy (non-hydrogen) atoms. The molecule has 0 radical (unpaired) electrons. The predicted molar refractivity (Wildman–Crippen MR) is 28.7 cm³/mol. The minimum atomic E-state index is 0.559. The van der Waals surface area contributed by atoms with Gasteiger partial charge in [-0.05, 0) is 6.42 Å². The molecule has 2 aliphatic heterocycles. The summed E-state index contributed by atoms with van der Waals surface area (Å²) in [4.78, 5) is 0. The highest BCUT2D eigenvalue weighted by Gasteiger charge is 2.34. The minimum Gasteiger partial charge on any atom is -0.381 e. The van der Waals surface area contributed by atoms with Gasteiger partial charge in [-0.15, -0.1) is 0 Å². The van der Waals surface area contributed by atoms with Crippen LogP contribution in [0.25, 0.3) is 0 Å². The van der Waals surface area contributed by atoms with Gasteiger partial charge in [0.1, 0.15) is 0 Å². The molecule has 2 saturated heterocycles. The van der Waals surface area contributed by atoms with Crippen molar-refractivity contribution in [2.75, 3.05) is 19.8 Å². The fraction of sp³-hybridized carbons (Fsp3) is 1.00. The van der Waals surface area contributed by atoms with Crippen LogP contribution in [0, 0.1) is 5.92 Å². The summed E-state index contributed by atoms with van der Waals surface area (Å²) < 4.78 is 10.5. The monoisotopic (exact) mass is 114 g/mol. The molecular weight excluding hydrogens is 104 g/mol. The second-order valence-electron chi connectivity index (χ2n) is 2.50. The second kappa shape index (κ2) is 1.71. The molecule has 2 atom stereocenters. The third-order valence-corrected chi connectivity index (χ3v) is 1.93. The minimum absolute atomic E-state index is 0.559. The zero-order valence-electron chi connectivity index (χ0n) is 4.80. The summed E-state index contributed by atoms with van der Waals surface area (Å²) in [6, 6.07) is 0. The third-order valence-electron chi connectivity index (χ3n) is 1.93. The van der Waals surface area contributed by atoms with Crippen molar-refractivity contribution in [3.8, 4) is 0 Å². The van der Waals surface area contributed by atoms with Crippen LogP contribution in [0.5, 0.6) is 0 Å². The molecule has 2 heterocycles. The first-order valence-electron chi connectivity index (χ1n) is 3.16. The molecule has 0 aliphatic carbocycles. The van der Waals surface area contributed by atoms with E-state index in [-0.39, 0.29) is 0 Å². The summed E-state index contributed by atoms with van der Waals surface area (Å²) in [5, 5.41) is 0. The molecule has 2 heteroatoms. The Balaban J connectivity index is 1.92. The number of hydrogen-bond acceptors (Lipinski definition) is 2. The molecule has 0 amide bonds. The van der Waals surface area contributed by atoms with Crippen LogP contribution in [-0.2, 0) is 9.47 Å². The lowest BCUT2D eigenvalue weighted by atomic mass is 9.95. The van der Waals surface area contributed by atoms with Crippen LogP contribution in [-0.4, -0.2) is 25.9 Å². The Morgan fingerprint density at radius 1 is 1.25 bits per heavy atom. The number of fused-ring (bicyclic) bond motifs is 1. The van der Waals surface area contributed by atoms with Crippen molar-refractivity contribution in [2.24, 2.45) is 5.92 Å². The molecule has 0 aromatic carbocycles. The van der Waals surface area contributed by atoms with Crippen molar-refractivity contribution in [1.82, 2.24) is 0 Å². The van der Waals surface area contributed by atoms with Crippen LogP contribution < -0.4 is 0 Å². The first-order valence-corrected chi connectivity index (χ1v) is 3.16. The summed E-state index contributed by atoms with van der Waals surface area (Å²) in [5.74, 6) is 0.740. The van der Waals surface area contributed by atoms with Gasteiger partial charge in [-0.3, -0.25) is 0 Å². The fourth-order valence-electron chi connectivity index (χ4n) is 1.28. The highest BCUT2D eigenvalue weighted by Crippen LogP contribution is 2.26. The topological polar surface area (TPSA) is 18.5 Å². The van der Waals surface area contributed by atoms with Gasteiger partial charge in [0.25, 0.3) is 0 Å². The van der Waals surface area contributed by atoms with Gasteiger partial charge in [0.15, 0.2) is 0 Å². The van der Waals surface area contributed by atoms with E-state index in [1.807, 2.05) is 0 Å². The van der Waals surface area contributed by atoms with Crippen LogP contribution in [0.1, 0.15) is 6.42 Å².